The van der Waals surface area contributed by atoms with Gasteiger partial charge in [0.1, 0.15) is 12.3 Å². The molecule has 0 atom stereocenters. The van der Waals surface area contributed by atoms with Crippen LogP contribution in [0.15, 0.2) is 23.1 Å². The molecule has 0 spiro atoms. The molecule has 1 aliphatic heterocycles. The number of sulfonamides is 1. The molecular formula is C25H37N2O3S+. The summed E-state index contributed by atoms with van der Waals surface area (Å²) in [6.45, 7) is 17.3. The molecule has 1 fully saturated rings. The van der Waals surface area contributed by atoms with Crippen LogP contribution in [-0.2, 0) is 16.6 Å². The summed E-state index contributed by atoms with van der Waals surface area (Å²) in [4.78, 5) is 1.78. The van der Waals surface area contributed by atoms with Crippen LogP contribution >= 0.6 is 0 Å². The number of hydrogen-bond acceptors (Lipinski definition) is 3. The summed E-state index contributed by atoms with van der Waals surface area (Å²) in [5.74, 6) is 0.742. The fourth-order valence-corrected chi connectivity index (χ4v) is 6.72. The number of nitrogens with one attached hydrogen (secondary N) is 1. The quantitative estimate of drug-likeness (QED) is 0.743. The van der Waals surface area contributed by atoms with Gasteiger partial charge in [0.25, 0.3) is 0 Å². The van der Waals surface area contributed by atoms with Crippen LogP contribution in [0.1, 0.15) is 58.7 Å². The third-order valence-corrected chi connectivity index (χ3v) is 9.03. The van der Waals surface area contributed by atoms with E-state index in [1.54, 1.807) is 4.31 Å². The molecule has 3 rings (SSSR count). The molecule has 0 saturated carbocycles. The number of rotatable bonds is 5. The number of hydrogen-bond donors (Lipinski definition) is 2. The second-order valence-corrected chi connectivity index (χ2v) is 11.3. The molecule has 0 aromatic heterocycles. The van der Waals surface area contributed by atoms with Crippen LogP contribution in [0.25, 0.3) is 0 Å². The largest absolute Gasteiger partial charge is 0.507 e. The summed E-state index contributed by atoms with van der Waals surface area (Å²) in [6.07, 6.45) is 0. The average Bonchev–Trinajstić information content (AvgIpc) is 2.68. The van der Waals surface area contributed by atoms with Gasteiger partial charge in [0, 0.05) is 5.56 Å². The summed E-state index contributed by atoms with van der Waals surface area (Å²) < 4.78 is 28.6. The standard InChI is InChI=1S/C25H36N2O3S/c1-16(2)23-14-22(24(28)13-19(23)5)15-26-8-10-27(11-9-26)31(29,30)25-20(6)17(3)12-18(4)21(25)7/h12-14,16,28H,8-11,15H2,1-7H3/p+1. The second kappa shape index (κ2) is 8.93. The van der Waals surface area contributed by atoms with Crippen molar-refractivity contribution < 1.29 is 18.4 Å². The predicted molar refractivity (Wildman–Crippen MR) is 125 cm³/mol. The van der Waals surface area contributed by atoms with Crippen molar-refractivity contribution in [3.8, 4) is 5.75 Å². The van der Waals surface area contributed by atoms with Crippen LogP contribution in [0, 0.1) is 34.6 Å². The Labute approximate surface area is 187 Å². The lowest BCUT2D eigenvalue weighted by molar-refractivity contribution is -0.917. The molecule has 0 unspecified atom stereocenters. The van der Waals surface area contributed by atoms with Gasteiger partial charge >= 0.3 is 0 Å². The maximum atomic E-state index is 13.5. The summed E-state index contributed by atoms with van der Waals surface area (Å²) in [6, 6.07) is 6.04. The van der Waals surface area contributed by atoms with E-state index in [9.17, 15) is 13.5 Å². The highest BCUT2D eigenvalue weighted by Gasteiger charge is 2.33. The van der Waals surface area contributed by atoms with Crippen molar-refractivity contribution in [1.29, 1.82) is 0 Å². The highest BCUT2D eigenvalue weighted by atomic mass is 32.2. The molecule has 1 heterocycles. The molecule has 6 heteroatoms. The lowest BCUT2D eigenvalue weighted by Crippen LogP contribution is -3.13. The van der Waals surface area contributed by atoms with Gasteiger partial charge in [0.15, 0.2) is 0 Å². The number of aromatic hydroxyl groups is 1. The molecule has 31 heavy (non-hydrogen) atoms. The Hall–Kier alpha value is -1.89. The predicted octanol–water partition coefficient (Wildman–Crippen LogP) is 3.15. The Morgan fingerprint density at radius 1 is 0.935 bits per heavy atom. The minimum Gasteiger partial charge on any atom is -0.507 e. The van der Waals surface area contributed by atoms with Crippen LogP contribution < -0.4 is 4.90 Å². The van der Waals surface area contributed by atoms with Crippen molar-refractivity contribution in [3.63, 3.8) is 0 Å². The first-order valence-corrected chi connectivity index (χ1v) is 12.6. The van der Waals surface area contributed by atoms with E-state index in [2.05, 4.69) is 26.0 Å². The Morgan fingerprint density at radius 3 is 2.00 bits per heavy atom. The minimum absolute atomic E-state index is 0.339. The zero-order valence-electron chi connectivity index (χ0n) is 20.0. The SMILES string of the molecule is Cc1cc(O)c(C[NH+]2CCN(S(=O)(=O)c3c(C)c(C)cc(C)c3C)CC2)cc1C(C)C. The Morgan fingerprint density at radius 2 is 1.48 bits per heavy atom. The summed E-state index contributed by atoms with van der Waals surface area (Å²) in [5.41, 5.74) is 7.05. The summed E-state index contributed by atoms with van der Waals surface area (Å²) in [5, 5.41) is 10.5. The number of aryl methyl sites for hydroxylation is 3. The number of phenolic OH excluding ortho intramolecular Hbond substituents is 1. The van der Waals surface area contributed by atoms with Crippen molar-refractivity contribution in [2.75, 3.05) is 26.2 Å². The fourth-order valence-electron chi connectivity index (χ4n) is 4.71. The zero-order chi connectivity index (χ0) is 23.1. The Kier molecular flexibility index (Phi) is 6.84. The van der Waals surface area contributed by atoms with Gasteiger partial charge in [-0.05, 0) is 86.1 Å². The van der Waals surface area contributed by atoms with Gasteiger partial charge in [0.2, 0.25) is 10.0 Å². The van der Waals surface area contributed by atoms with Crippen molar-refractivity contribution in [2.24, 2.45) is 0 Å². The molecule has 1 aliphatic rings. The summed E-state index contributed by atoms with van der Waals surface area (Å²) >= 11 is 0. The molecule has 0 amide bonds. The highest BCUT2D eigenvalue weighted by molar-refractivity contribution is 7.89. The molecular weight excluding hydrogens is 408 g/mol. The van der Waals surface area contributed by atoms with Crippen LogP contribution in [0.2, 0.25) is 0 Å². The van der Waals surface area contributed by atoms with Gasteiger partial charge in [0.05, 0.1) is 31.1 Å². The first kappa shape index (κ1) is 23.8. The fraction of sp³-hybridized carbons (Fsp3) is 0.520. The van der Waals surface area contributed by atoms with E-state index in [-0.39, 0.29) is 0 Å². The molecule has 2 aromatic carbocycles. The van der Waals surface area contributed by atoms with E-state index in [1.165, 1.54) is 10.5 Å². The van der Waals surface area contributed by atoms with Crippen LogP contribution in [0.3, 0.4) is 0 Å². The molecule has 170 valence electrons. The molecule has 0 radical (unpaired) electrons. The first-order valence-electron chi connectivity index (χ1n) is 11.2. The van der Waals surface area contributed by atoms with E-state index in [0.717, 1.165) is 46.5 Å². The van der Waals surface area contributed by atoms with Gasteiger partial charge in [-0.15, -0.1) is 0 Å². The lowest BCUT2D eigenvalue weighted by atomic mass is 9.95. The molecule has 2 N–H and O–H groups in total. The molecule has 0 bridgehead atoms. The van der Waals surface area contributed by atoms with Crippen LogP contribution in [0.5, 0.6) is 5.75 Å². The first-order chi connectivity index (χ1) is 14.4. The third-order valence-electron chi connectivity index (χ3n) is 6.85. The number of piperazine rings is 1. The Bertz CT molecular complexity index is 1060. The van der Waals surface area contributed by atoms with Gasteiger partial charge in [-0.2, -0.15) is 4.31 Å². The Balaban J connectivity index is 1.77. The minimum atomic E-state index is -3.53. The van der Waals surface area contributed by atoms with E-state index in [1.807, 2.05) is 40.7 Å². The van der Waals surface area contributed by atoms with Gasteiger partial charge in [-0.3, -0.25) is 0 Å². The number of nitrogens with zero attached hydrogens (tertiary/aromatic N) is 1. The summed E-state index contributed by atoms with van der Waals surface area (Å²) in [7, 11) is -3.53. The third kappa shape index (κ3) is 4.66. The molecule has 0 aliphatic carbocycles. The molecule has 2 aromatic rings. The van der Waals surface area contributed by atoms with E-state index in [0.29, 0.717) is 36.2 Å². The topological polar surface area (TPSA) is 62.1 Å². The molecule has 5 nitrogen and oxygen atoms in total. The van der Waals surface area contributed by atoms with Gasteiger partial charge in [-0.1, -0.05) is 19.9 Å². The van der Waals surface area contributed by atoms with E-state index in [4.69, 9.17) is 0 Å². The van der Waals surface area contributed by atoms with Crippen molar-refractivity contribution in [3.05, 3.63) is 57.1 Å². The van der Waals surface area contributed by atoms with Crippen LogP contribution in [0.4, 0.5) is 0 Å². The number of benzene rings is 2. The highest BCUT2D eigenvalue weighted by Crippen LogP contribution is 2.29. The van der Waals surface area contributed by atoms with E-state index < -0.39 is 10.0 Å². The van der Waals surface area contributed by atoms with Crippen molar-refractivity contribution in [1.82, 2.24) is 4.31 Å². The lowest BCUT2D eigenvalue weighted by Gasteiger charge is -2.32. The van der Waals surface area contributed by atoms with Crippen LogP contribution in [-0.4, -0.2) is 44.0 Å². The van der Waals surface area contributed by atoms with E-state index >= 15 is 0 Å². The average molecular weight is 446 g/mol. The normalized spacial score (nSPS) is 16.3. The molecule has 1 saturated heterocycles. The zero-order valence-corrected chi connectivity index (χ0v) is 20.8. The van der Waals surface area contributed by atoms with Gasteiger partial charge < -0.3 is 10.0 Å². The van der Waals surface area contributed by atoms with Crippen molar-refractivity contribution in [2.45, 2.75) is 65.8 Å². The smallest absolute Gasteiger partial charge is 0.244 e. The van der Waals surface area contributed by atoms with Gasteiger partial charge in [-0.25, -0.2) is 8.42 Å². The number of quaternary nitrogens is 1. The maximum Gasteiger partial charge on any atom is 0.244 e. The second-order valence-electron chi connectivity index (χ2n) is 9.41. The van der Waals surface area contributed by atoms with Crippen molar-refractivity contribution >= 4 is 10.0 Å². The monoisotopic (exact) mass is 445 g/mol. The maximum absolute atomic E-state index is 13.5. The number of phenols is 1.